The molecule has 0 amide bonds. The number of aromatic nitrogens is 1. The maximum Gasteiger partial charge on any atom is 0.152 e. The smallest absolute Gasteiger partial charge is 0.152 e. The van der Waals surface area contributed by atoms with Crippen molar-refractivity contribution in [3.8, 4) is 0 Å². The second kappa shape index (κ2) is 4.53. The predicted molar refractivity (Wildman–Crippen MR) is 56.7 cm³/mol. The van der Waals surface area contributed by atoms with Crippen LogP contribution in [0.2, 0.25) is 5.15 Å². The van der Waals surface area contributed by atoms with Crippen molar-refractivity contribution in [2.45, 2.75) is 6.92 Å². The third kappa shape index (κ3) is 3.28. The van der Waals surface area contributed by atoms with Gasteiger partial charge in [-0.1, -0.05) is 17.7 Å². The van der Waals surface area contributed by atoms with E-state index in [2.05, 4.69) is 20.9 Å². The molecule has 0 aromatic carbocycles. The topological polar surface area (TPSA) is 30.0 Å². The van der Waals surface area contributed by atoms with Crippen LogP contribution < -0.4 is 0 Å². The summed E-state index contributed by atoms with van der Waals surface area (Å²) in [4.78, 5) is 14.5. The SMILES string of the molecule is CC(=O)/C=C/c1cc(Cl)ncc1Br. The summed E-state index contributed by atoms with van der Waals surface area (Å²) in [6.45, 7) is 1.49. The van der Waals surface area contributed by atoms with Gasteiger partial charge < -0.3 is 0 Å². The first-order valence-corrected chi connectivity index (χ1v) is 4.76. The molecule has 0 aliphatic heterocycles. The quantitative estimate of drug-likeness (QED) is 0.604. The molecule has 0 saturated heterocycles. The van der Waals surface area contributed by atoms with Gasteiger partial charge in [0.25, 0.3) is 0 Å². The molecule has 1 rings (SSSR count). The minimum atomic E-state index is -0.000153. The molecular formula is C9H7BrClNO. The van der Waals surface area contributed by atoms with Crippen LogP contribution in [0.25, 0.3) is 6.08 Å². The van der Waals surface area contributed by atoms with Crippen LogP contribution in [0.3, 0.4) is 0 Å². The van der Waals surface area contributed by atoms with Gasteiger partial charge in [-0.25, -0.2) is 4.98 Å². The summed E-state index contributed by atoms with van der Waals surface area (Å²) in [5.41, 5.74) is 0.843. The normalized spacial score (nSPS) is 10.7. The Bertz CT molecular complexity index is 363. The first kappa shape index (κ1) is 10.4. The van der Waals surface area contributed by atoms with Crippen molar-refractivity contribution in [2.75, 3.05) is 0 Å². The van der Waals surface area contributed by atoms with Gasteiger partial charge >= 0.3 is 0 Å². The van der Waals surface area contributed by atoms with Crippen LogP contribution in [-0.4, -0.2) is 10.8 Å². The van der Waals surface area contributed by atoms with E-state index in [-0.39, 0.29) is 5.78 Å². The van der Waals surface area contributed by atoms with Crippen LogP contribution in [-0.2, 0) is 4.79 Å². The van der Waals surface area contributed by atoms with Gasteiger partial charge in [0.2, 0.25) is 0 Å². The fourth-order valence-electron chi connectivity index (χ4n) is 0.762. The highest BCUT2D eigenvalue weighted by molar-refractivity contribution is 9.10. The molecule has 0 unspecified atom stereocenters. The van der Waals surface area contributed by atoms with Gasteiger partial charge in [0.15, 0.2) is 5.78 Å². The van der Waals surface area contributed by atoms with E-state index in [1.807, 2.05) is 0 Å². The first-order chi connectivity index (χ1) is 6.09. The van der Waals surface area contributed by atoms with Gasteiger partial charge in [-0.05, 0) is 40.6 Å². The van der Waals surface area contributed by atoms with Gasteiger partial charge in [-0.3, -0.25) is 4.79 Å². The monoisotopic (exact) mass is 259 g/mol. The minimum absolute atomic E-state index is 0.000153. The summed E-state index contributed by atoms with van der Waals surface area (Å²) in [5.74, 6) is -0.000153. The number of nitrogens with zero attached hydrogens (tertiary/aromatic N) is 1. The van der Waals surface area contributed by atoms with Crippen molar-refractivity contribution < 1.29 is 4.79 Å². The molecule has 0 saturated carbocycles. The van der Waals surface area contributed by atoms with Crippen LogP contribution in [0, 0.1) is 0 Å². The summed E-state index contributed by atoms with van der Waals surface area (Å²) >= 11 is 8.98. The molecule has 4 heteroatoms. The van der Waals surface area contributed by atoms with Crippen LogP contribution >= 0.6 is 27.5 Å². The zero-order chi connectivity index (χ0) is 9.84. The van der Waals surface area contributed by atoms with E-state index in [1.54, 1.807) is 18.3 Å². The number of ketones is 1. The molecule has 0 atom stereocenters. The van der Waals surface area contributed by atoms with Crippen molar-refractivity contribution in [1.82, 2.24) is 4.98 Å². The van der Waals surface area contributed by atoms with Crippen LogP contribution in [0.5, 0.6) is 0 Å². The average Bonchev–Trinajstić information content (AvgIpc) is 2.06. The Morgan fingerprint density at radius 2 is 2.38 bits per heavy atom. The Kier molecular flexibility index (Phi) is 3.63. The van der Waals surface area contributed by atoms with Crippen molar-refractivity contribution in [1.29, 1.82) is 0 Å². The third-order valence-corrected chi connectivity index (χ3v) is 2.22. The second-order valence-corrected chi connectivity index (χ2v) is 3.71. The van der Waals surface area contributed by atoms with Crippen molar-refractivity contribution in [3.63, 3.8) is 0 Å². The molecular weight excluding hydrogens is 253 g/mol. The minimum Gasteiger partial charge on any atom is -0.295 e. The number of pyridine rings is 1. The van der Waals surface area contributed by atoms with Gasteiger partial charge in [0, 0.05) is 10.7 Å². The Hall–Kier alpha value is -0.670. The van der Waals surface area contributed by atoms with Crippen molar-refractivity contribution in [2.24, 2.45) is 0 Å². The Morgan fingerprint density at radius 1 is 1.69 bits per heavy atom. The van der Waals surface area contributed by atoms with Gasteiger partial charge in [0.05, 0.1) is 0 Å². The molecule has 0 aliphatic carbocycles. The van der Waals surface area contributed by atoms with Crippen LogP contribution in [0.15, 0.2) is 22.8 Å². The molecule has 0 radical (unpaired) electrons. The summed E-state index contributed by atoms with van der Waals surface area (Å²) in [7, 11) is 0. The molecule has 0 spiro atoms. The molecule has 0 aliphatic rings. The molecule has 1 aromatic rings. The van der Waals surface area contributed by atoms with Crippen molar-refractivity contribution in [3.05, 3.63) is 33.5 Å². The lowest BCUT2D eigenvalue weighted by molar-refractivity contribution is -0.112. The summed E-state index contributed by atoms with van der Waals surface area (Å²) in [6.07, 6.45) is 4.78. The van der Waals surface area contributed by atoms with E-state index >= 15 is 0 Å². The van der Waals surface area contributed by atoms with E-state index in [0.29, 0.717) is 5.15 Å². The van der Waals surface area contributed by atoms with E-state index in [0.717, 1.165) is 10.0 Å². The Balaban J connectivity index is 3.00. The van der Waals surface area contributed by atoms with Gasteiger partial charge in [-0.2, -0.15) is 0 Å². The summed E-state index contributed by atoms with van der Waals surface area (Å²) in [5, 5.41) is 0.409. The first-order valence-electron chi connectivity index (χ1n) is 3.59. The van der Waals surface area contributed by atoms with E-state index in [9.17, 15) is 4.79 Å². The highest BCUT2D eigenvalue weighted by atomic mass is 79.9. The largest absolute Gasteiger partial charge is 0.295 e. The number of halogens is 2. The fraction of sp³-hybridized carbons (Fsp3) is 0.111. The lowest BCUT2D eigenvalue weighted by Gasteiger charge is -1.97. The highest BCUT2D eigenvalue weighted by Gasteiger charge is 1.97. The number of carbonyl (C=O) groups is 1. The number of hydrogen-bond acceptors (Lipinski definition) is 2. The van der Waals surface area contributed by atoms with E-state index in [1.165, 1.54) is 13.0 Å². The number of carbonyl (C=O) groups excluding carboxylic acids is 1. The van der Waals surface area contributed by atoms with Crippen molar-refractivity contribution >= 4 is 39.4 Å². The fourth-order valence-corrected chi connectivity index (χ4v) is 1.28. The van der Waals surface area contributed by atoms with Gasteiger partial charge in [0.1, 0.15) is 5.15 Å². The molecule has 0 bridgehead atoms. The Morgan fingerprint density at radius 3 is 3.00 bits per heavy atom. The molecule has 13 heavy (non-hydrogen) atoms. The van der Waals surface area contributed by atoms with Gasteiger partial charge in [-0.15, -0.1) is 0 Å². The zero-order valence-corrected chi connectivity index (χ0v) is 9.26. The standard InChI is InChI=1S/C9H7BrClNO/c1-6(13)2-3-7-4-9(11)12-5-8(7)10/h2-5H,1H3/b3-2+. The molecule has 68 valence electrons. The highest BCUT2D eigenvalue weighted by Crippen LogP contribution is 2.19. The molecule has 2 nitrogen and oxygen atoms in total. The molecule has 0 fully saturated rings. The summed E-state index contributed by atoms with van der Waals surface area (Å²) in [6, 6.07) is 1.69. The lowest BCUT2D eigenvalue weighted by Crippen LogP contribution is -1.83. The zero-order valence-electron chi connectivity index (χ0n) is 6.92. The van der Waals surface area contributed by atoms with Crippen LogP contribution in [0.4, 0.5) is 0 Å². The maximum absolute atomic E-state index is 10.7. The number of rotatable bonds is 2. The third-order valence-electron chi connectivity index (χ3n) is 1.35. The maximum atomic E-state index is 10.7. The lowest BCUT2D eigenvalue weighted by atomic mass is 10.2. The predicted octanol–water partition coefficient (Wildman–Crippen LogP) is 3.10. The molecule has 0 N–H and O–H groups in total. The van der Waals surface area contributed by atoms with Crippen LogP contribution in [0.1, 0.15) is 12.5 Å². The summed E-state index contributed by atoms with van der Waals surface area (Å²) < 4.78 is 0.814. The number of allylic oxidation sites excluding steroid dienone is 1. The van der Waals surface area contributed by atoms with E-state index < -0.39 is 0 Å². The molecule has 1 aromatic heterocycles. The Labute approximate surface area is 89.8 Å². The molecule has 1 heterocycles. The number of hydrogen-bond donors (Lipinski definition) is 0. The second-order valence-electron chi connectivity index (χ2n) is 2.47. The average molecular weight is 261 g/mol. The van der Waals surface area contributed by atoms with E-state index in [4.69, 9.17) is 11.6 Å².